The molecule has 0 aliphatic rings. The molecule has 1 aromatic carbocycles. The molecule has 19 heavy (non-hydrogen) atoms. The highest BCUT2D eigenvalue weighted by Gasteiger charge is 2.18. The predicted octanol–water partition coefficient (Wildman–Crippen LogP) is 1.41. The van der Waals surface area contributed by atoms with E-state index in [2.05, 4.69) is 9.13 Å². The normalized spacial score (nSPS) is 11.6. The standard InChI is InChI=1S/C11H13ClN2O4S/c1-14(2)7-13-19(16,17)8-4-5-10(12)9(6-8)11(15)18-3/h4-7H,1-3H3/b13-7+. The first-order valence-electron chi connectivity index (χ1n) is 5.12. The summed E-state index contributed by atoms with van der Waals surface area (Å²) in [7, 11) is 0.589. The van der Waals surface area contributed by atoms with Gasteiger partial charge < -0.3 is 9.64 Å². The van der Waals surface area contributed by atoms with Gasteiger partial charge in [0.1, 0.15) is 6.34 Å². The van der Waals surface area contributed by atoms with Gasteiger partial charge in [-0.1, -0.05) is 11.6 Å². The molecule has 0 spiro atoms. The van der Waals surface area contributed by atoms with Crippen molar-refractivity contribution in [3.63, 3.8) is 0 Å². The van der Waals surface area contributed by atoms with Crippen molar-refractivity contribution in [1.29, 1.82) is 0 Å². The van der Waals surface area contributed by atoms with Crippen molar-refractivity contribution in [3.8, 4) is 0 Å². The monoisotopic (exact) mass is 304 g/mol. The number of methoxy groups -OCH3 is 1. The zero-order valence-corrected chi connectivity index (χ0v) is 12.2. The van der Waals surface area contributed by atoms with Gasteiger partial charge in [-0.3, -0.25) is 0 Å². The van der Waals surface area contributed by atoms with Crippen LogP contribution in [0.5, 0.6) is 0 Å². The fourth-order valence-corrected chi connectivity index (χ4v) is 2.28. The van der Waals surface area contributed by atoms with Crippen LogP contribution >= 0.6 is 11.6 Å². The molecule has 6 nitrogen and oxygen atoms in total. The van der Waals surface area contributed by atoms with Crippen molar-refractivity contribution in [1.82, 2.24) is 4.90 Å². The number of ether oxygens (including phenoxy) is 1. The highest BCUT2D eigenvalue weighted by Crippen LogP contribution is 2.22. The Morgan fingerprint density at radius 2 is 2.05 bits per heavy atom. The Balaban J connectivity index is 3.26. The topological polar surface area (TPSA) is 76.0 Å². The van der Waals surface area contributed by atoms with Crippen LogP contribution < -0.4 is 0 Å². The molecular weight excluding hydrogens is 292 g/mol. The maximum Gasteiger partial charge on any atom is 0.339 e. The van der Waals surface area contributed by atoms with Crippen molar-refractivity contribution in [3.05, 3.63) is 28.8 Å². The Morgan fingerprint density at radius 1 is 1.42 bits per heavy atom. The first kappa shape index (κ1) is 15.5. The Bertz CT molecular complexity index is 611. The number of benzene rings is 1. The number of rotatable bonds is 4. The van der Waals surface area contributed by atoms with E-state index in [9.17, 15) is 13.2 Å². The smallest absolute Gasteiger partial charge is 0.339 e. The molecule has 0 heterocycles. The number of carbonyl (C=O) groups excluding carboxylic acids is 1. The fraction of sp³-hybridized carbons (Fsp3) is 0.273. The van der Waals surface area contributed by atoms with E-state index in [-0.39, 0.29) is 15.5 Å². The third-order valence-corrected chi connectivity index (χ3v) is 3.61. The van der Waals surface area contributed by atoms with E-state index in [1.807, 2.05) is 0 Å². The van der Waals surface area contributed by atoms with E-state index in [0.29, 0.717) is 0 Å². The minimum absolute atomic E-state index is 0.0229. The summed E-state index contributed by atoms with van der Waals surface area (Å²) >= 11 is 5.81. The Kier molecular flexibility index (Phi) is 4.90. The SMILES string of the molecule is COC(=O)c1cc(S(=O)(=O)/N=C/N(C)C)ccc1Cl. The van der Waals surface area contributed by atoms with Gasteiger partial charge in [0.05, 0.1) is 22.6 Å². The Labute approximate surface area is 116 Å². The van der Waals surface area contributed by atoms with Crippen molar-refractivity contribution >= 4 is 33.9 Å². The minimum Gasteiger partial charge on any atom is -0.465 e. The van der Waals surface area contributed by atoms with Gasteiger partial charge in [-0.15, -0.1) is 4.40 Å². The van der Waals surface area contributed by atoms with Crippen LogP contribution in [0.25, 0.3) is 0 Å². The maximum atomic E-state index is 11.9. The summed E-state index contributed by atoms with van der Waals surface area (Å²) in [6, 6.07) is 3.72. The van der Waals surface area contributed by atoms with Crippen molar-refractivity contribution in [2.75, 3.05) is 21.2 Å². The second-order valence-corrected chi connectivity index (χ2v) is 5.83. The molecule has 104 valence electrons. The third-order valence-electron chi connectivity index (χ3n) is 2.06. The summed E-state index contributed by atoms with van der Waals surface area (Å²) in [5, 5.41) is 0.113. The summed E-state index contributed by atoms with van der Waals surface area (Å²) in [6.07, 6.45) is 1.15. The Morgan fingerprint density at radius 3 is 2.58 bits per heavy atom. The second kappa shape index (κ2) is 6.03. The lowest BCUT2D eigenvalue weighted by atomic mass is 10.2. The molecule has 8 heteroatoms. The minimum atomic E-state index is -3.87. The number of nitrogens with zero attached hydrogens (tertiary/aromatic N) is 2. The molecular formula is C11H13ClN2O4S. The third kappa shape index (κ3) is 3.93. The molecule has 0 unspecified atom stereocenters. The summed E-state index contributed by atoms with van der Waals surface area (Å²) in [6.45, 7) is 0. The zero-order chi connectivity index (χ0) is 14.6. The summed E-state index contributed by atoms with van der Waals surface area (Å²) in [5.74, 6) is -0.710. The van der Waals surface area contributed by atoms with Crippen LogP contribution in [0.1, 0.15) is 10.4 Å². The number of halogens is 1. The molecule has 0 N–H and O–H groups in total. The Hall–Kier alpha value is -1.60. The van der Waals surface area contributed by atoms with Gasteiger partial charge in [0.2, 0.25) is 0 Å². The van der Waals surface area contributed by atoms with E-state index in [1.54, 1.807) is 14.1 Å². The summed E-state index contributed by atoms with van der Waals surface area (Å²) in [4.78, 5) is 12.8. The molecule has 0 aliphatic heterocycles. The average molecular weight is 305 g/mol. The number of hydrogen-bond donors (Lipinski definition) is 0. The van der Waals surface area contributed by atoms with Gasteiger partial charge >= 0.3 is 5.97 Å². The maximum absolute atomic E-state index is 11.9. The van der Waals surface area contributed by atoms with Crippen LogP contribution in [-0.4, -0.2) is 46.8 Å². The molecule has 0 radical (unpaired) electrons. The lowest BCUT2D eigenvalue weighted by Gasteiger charge is -2.06. The summed E-state index contributed by atoms with van der Waals surface area (Å²) < 4.78 is 31.8. The molecule has 0 saturated heterocycles. The van der Waals surface area contributed by atoms with Gasteiger partial charge in [-0.2, -0.15) is 8.42 Å². The molecule has 0 atom stereocenters. The molecule has 0 fully saturated rings. The van der Waals surface area contributed by atoms with Gasteiger partial charge in [0, 0.05) is 14.1 Å². The molecule has 1 aromatic rings. The van der Waals surface area contributed by atoms with Crippen molar-refractivity contribution < 1.29 is 17.9 Å². The van der Waals surface area contributed by atoms with Crippen LogP contribution in [0.3, 0.4) is 0 Å². The molecule has 0 aromatic heterocycles. The predicted molar refractivity (Wildman–Crippen MR) is 72.2 cm³/mol. The average Bonchev–Trinajstić information content (AvgIpc) is 2.36. The van der Waals surface area contributed by atoms with Crippen molar-refractivity contribution in [2.45, 2.75) is 4.90 Å². The first-order chi connectivity index (χ1) is 8.77. The van der Waals surface area contributed by atoms with E-state index in [1.165, 1.54) is 24.1 Å². The van der Waals surface area contributed by atoms with E-state index < -0.39 is 16.0 Å². The molecule has 1 rings (SSSR count). The quantitative estimate of drug-likeness (QED) is 0.477. The summed E-state index contributed by atoms with van der Waals surface area (Å²) in [5.41, 5.74) is -0.0229. The van der Waals surface area contributed by atoms with Gasteiger partial charge in [-0.25, -0.2) is 4.79 Å². The van der Waals surface area contributed by atoms with Gasteiger partial charge in [0.15, 0.2) is 0 Å². The molecule has 0 bridgehead atoms. The second-order valence-electron chi connectivity index (χ2n) is 3.79. The number of hydrogen-bond acceptors (Lipinski definition) is 4. The van der Waals surface area contributed by atoms with Crippen LogP contribution in [0.2, 0.25) is 5.02 Å². The number of sulfonamides is 1. The van der Waals surface area contributed by atoms with E-state index in [0.717, 1.165) is 12.4 Å². The molecule has 0 amide bonds. The van der Waals surface area contributed by atoms with E-state index in [4.69, 9.17) is 11.6 Å². The number of esters is 1. The lowest BCUT2D eigenvalue weighted by molar-refractivity contribution is 0.0600. The lowest BCUT2D eigenvalue weighted by Crippen LogP contribution is -2.10. The molecule has 0 saturated carbocycles. The van der Waals surface area contributed by atoms with Crippen molar-refractivity contribution in [2.24, 2.45) is 4.40 Å². The van der Waals surface area contributed by atoms with E-state index >= 15 is 0 Å². The van der Waals surface area contributed by atoms with Crippen LogP contribution in [0, 0.1) is 0 Å². The zero-order valence-electron chi connectivity index (χ0n) is 10.6. The highest BCUT2D eigenvalue weighted by molar-refractivity contribution is 7.90. The fourth-order valence-electron chi connectivity index (χ4n) is 1.15. The van der Waals surface area contributed by atoms with Gasteiger partial charge in [-0.05, 0) is 18.2 Å². The van der Waals surface area contributed by atoms with Crippen LogP contribution in [-0.2, 0) is 14.8 Å². The highest BCUT2D eigenvalue weighted by atomic mass is 35.5. The van der Waals surface area contributed by atoms with Crippen LogP contribution in [0.15, 0.2) is 27.5 Å². The van der Waals surface area contributed by atoms with Crippen LogP contribution in [0.4, 0.5) is 0 Å². The number of carbonyl (C=O) groups is 1. The molecule has 0 aliphatic carbocycles. The first-order valence-corrected chi connectivity index (χ1v) is 6.94. The van der Waals surface area contributed by atoms with Gasteiger partial charge in [0.25, 0.3) is 10.0 Å². The largest absolute Gasteiger partial charge is 0.465 e.